The molecule has 1 saturated carbocycles. The molecule has 24 heavy (non-hydrogen) atoms. The molecule has 1 aromatic rings. The van der Waals surface area contributed by atoms with Crippen LogP contribution in [0.3, 0.4) is 0 Å². The molecule has 0 spiro atoms. The van der Waals surface area contributed by atoms with Gasteiger partial charge in [-0.2, -0.15) is 5.26 Å². The number of hydrogen-bond acceptors (Lipinski definition) is 6. The van der Waals surface area contributed by atoms with E-state index in [2.05, 4.69) is 6.07 Å². The van der Waals surface area contributed by atoms with Gasteiger partial charge in [-0.3, -0.25) is 4.79 Å². The van der Waals surface area contributed by atoms with E-state index in [1.807, 2.05) is 12.1 Å². The van der Waals surface area contributed by atoms with Crippen LogP contribution in [0.5, 0.6) is 17.2 Å². The monoisotopic (exact) mass is 331 g/mol. The largest absolute Gasteiger partial charge is 0.493 e. The molecule has 0 amide bonds. The highest BCUT2D eigenvalue weighted by Crippen LogP contribution is 2.50. The van der Waals surface area contributed by atoms with Crippen LogP contribution >= 0.6 is 0 Å². The summed E-state index contributed by atoms with van der Waals surface area (Å²) in [5, 5.41) is 9.91. The molecule has 128 valence electrons. The second-order valence-electron chi connectivity index (χ2n) is 6.16. The van der Waals surface area contributed by atoms with Crippen LogP contribution in [-0.4, -0.2) is 33.4 Å². The van der Waals surface area contributed by atoms with Gasteiger partial charge in [0.2, 0.25) is 5.75 Å². The number of fused-ring (bicyclic) bond motifs is 1. The van der Waals surface area contributed by atoms with E-state index < -0.39 is 5.41 Å². The number of ether oxygens (including phenoxy) is 4. The van der Waals surface area contributed by atoms with Gasteiger partial charge in [-0.15, -0.1) is 0 Å². The van der Waals surface area contributed by atoms with E-state index in [0.29, 0.717) is 56.1 Å². The second-order valence-corrected chi connectivity index (χ2v) is 6.16. The number of esters is 1. The summed E-state index contributed by atoms with van der Waals surface area (Å²) in [4.78, 5) is 11.8. The summed E-state index contributed by atoms with van der Waals surface area (Å²) in [7, 11) is 2.98. The Morgan fingerprint density at radius 1 is 1.21 bits per heavy atom. The molecule has 0 saturated heterocycles. The lowest BCUT2D eigenvalue weighted by Crippen LogP contribution is -2.34. The minimum atomic E-state index is -0.679. The Hall–Kier alpha value is -2.42. The predicted octanol–water partition coefficient (Wildman–Crippen LogP) is 2.59. The molecule has 2 aliphatic rings. The van der Waals surface area contributed by atoms with Crippen LogP contribution in [0.2, 0.25) is 0 Å². The Balaban J connectivity index is 1.95. The Morgan fingerprint density at radius 2 is 1.88 bits per heavy atom. The number of rotatable bonds is 3. The smallest absolute Gasteiger partial charge is 0.308 e. The van der Waals surface area contributed by atoms with Crippen LogP contribution in [0.25, 0.3) is 0 Å². The first-order valence-corrected chi connectivity index (χ1v) is 8.11. The first-order chi connectivity index (χ1) is 11.6. The van der Waals surface area contributed by atoms with E-state index in [1.54, 1.807) is 7.11 Å². The van der Waals surface area contributed by atoms with E-state index in [0.717, 1.165) is 5.56 Å². The van der Waals surface area contributed by atoms with E-state index in [4.69, 9.17) is 18.9 Å². The Morgan fingerprint density at radius 3 is 2.46 bits per heavy atom. The normalized spacial score (nSPS) is 25.5. The second kappa shape index (κ2) is 6.60. The van der Waals surface area contributed by atoms with Crippen LogP contribution in [-0.2, 0) is 14.9 Å². The molecule has 6 nitrogen and oxygen atoms in total. The quantitative estimate of drug-likeness (QED) is 0.792. The number of benzene rings is 1. The lowest BCUT2D eigenvalue weighted by molar-refractivity contribution is -0.146. The Labute approximate surface area is 141 Å². The topological polar surface area (TPSA) is 77.8 Å². The highest BCUT2D eigenvalue weighted by molar-refractivity contribution is 5.72. The zero-order valence-electron chi connectivity index (χ0n) is 14.0. The Bertz CT molecular complexity index is 671. The predicted molar refractivity (Wildman–Crippen MR) is 85.2 cm³/mol. The fourth-order valence-corrected chi connectivity index (χ4v) is 3.60. The molecule has 1 fully saturated rings. The third kappa shape index (κ3) is 2.64. The average Bonchev–Trinajstić information content (AvgIpc) is 2.66. The maximum Gasteiger partial charge on any atom is 0.308 e. The Kier molecular flexibility index (Phi) is 4.52. The van der Waals surface area contributed by atoms with E-state index >= 15 is 0 Å². The molecule has 0 atom stereocenters. The van der Waals surface area contributed by atoms with Gasteiger partial charge in [0.15, 0.2) is 11.5 Å². The molecule has 3 rings (SSSR count). The lowest BCUT2D eigenvalue weighted by Gasteiger charge is -2.36. The minimum absolute atomic E-state index is 0.136. The molecule has 1 aromatic carbocycles. The first kappa shape index (κ1) is 16.4. The van der Waals surface area contributed by atoms with Crippen molar-refractivity contribution >= 4 is 5.97 Å². The molecule has 1 aliphatic carbocycles. The number of nitrogens with zero attached hydrogens (tertiary/aromatic N) is 1. The van der Waals surface area contributed by atoms with Crippen molar-refractivity contribution in [2.75, 3.05) is 27.4 Å². The molecule has 0 bridgehead atoms. The van der Waals surface area contributed by atoms with Crippen molar-refractivity contribution in [3.63, 3.8) is 0 Å². The number of hydrogen-bond donors (Lipinski definition) is 0. The van der Waals surface area contributed by atoms with Gasteiger partial charge in [0.25, 0.3) is 0 Å². The van der Waals surface area contributed by atoms with E-state index in [1.165, 1.54) is 7.11 Å². The fourth-order valence-electron chi connectivity index (χ4n) is 3.60. The summed E-state index contributed by atoms with van der Waals surface area (Å²) < 4.78 is 21.7. The lowest BCUT2D eigenvalue weighted by atomic mass is 9.67. The van der Waals surface area contributed by atoms with Gasteiger partial charge in [0, 0.05) is 5.56 Å². The highest BCUT2D eigenvalue weighted by Gasteiger charge is 2.42. The third-order valence-corrected chi connectivity index (χ3v) is 4.98. The first-order valence-electron chi connectivity index (χ1n) is 8.11. The number of nitriles is 1. The van der Waals surface area contributed by atoms with Crippen molar-refractivity contribution < 1.29 is 23.7 Å². The molecule has 6 heteroatoms. The fraction of sp³-hybridized carbons (Fsp3) is 0.556. The molecule has 0 unspecified atom stereocenters. The van der Waals surface area contributed by atoms with Crippen LogP contribution in [0, 0.1) is 17.2 Å². The molecule has 0 N–H and O–H groups in total. The summed E-state index contributed by atoms with van der Waals surface area (Å²) >= 11 is 0. The van der Waals surface area contributed by atoms with Crippen LogP contribution in [0.15, 0.2) is 12.1 Å². The van der Waals surface area contributed by atoms with Crippen molar-refractivity contribution in [2.45, 2.75) is 31.1 Å². The van der Waals surface area contributed by atoms with Crippen molar-refractivity contribution in [1.29, 1.82) is 5.26 Å². The van der Waals surface area contributed by atoms with Crippen LogP contribution in [0.1, 0.15) is 31.2 Å². The summed E-state index contributed by atoms with van der Waals surface area (Å²) in [5.74, 6) is 1.43. The van der Waals surface area contributed by atoms with Gasteiger partial charge in [0.05, 0.1) is 31.6 Å². The highest BCUT2D eigenvalue weighted by atomic mass is 16.6. The van der Waals surface area contributed by atoms with Gasteiger partial charge in [-0.05, 0) is 37.8 Å². The third-order valence-electron chi connectivity index (χ3n) is 4.98. The molecule has 1 heterocycles. The molecule has 1 aliphatic heterocycles. The van der Waals surface area contributed by atoms with Gasteiger partial charge < -0.3 is 18.9 Å². The van der Waals surface area contributed by atoms with Crippen molar-refractivity contribution in [1.82, 2.24) is 0 Å². The van der Waals surface area contributed by atoms with Gasteiger partial charge in [-0.1, -0.05) is 0 Å². The molecular weight excluding hydrogens is 310 g/mol. The van der Waals surface area contributed by atoms with Crippen molar-refractivity contribution in [3.05, 3.63) is 17.7 Å². The van der Waals surface area contributed by atoms with Gasteiger partial charge >= 0.3 is 5.97 Å². The van der Waals surface area contributed by atoms with Crippen molar-refractivity contribution in [2.24, 2.45) is 5.92 Å². The average molecular weight is 331 g/mol. The zero-order chi connectivity index (χ0) is 17.2. The van der Waals surface area contributed by atoms with Gasteiger partial charge in [-0.25, -0.2) is 0 Å². The SMILES string of the molecule is COc1ccc([C@]2(C#N)CC[C@@H](C(=O)OC)CC2)c2c1OCCO2. The standard InChI is InChI=1S/C18H21NO5/c1-21-14-4-3-13(15-16(14)24-10-9-23-15)18(11-19)7-5-12(6-8-18)17(20)22-2/h3-4,12H,5-10H2,1-2H3/t12-,18-. The molecular formula is C18H21NO5. The molecule has 0 radical (unpaired) electrons. The van der Waals surface area contributed by atoms with Crippen molar-refractivity contribution in [3.8, 4) is 23.3 Å². The maximum atomic E-state index is 11.8. The maximum absolute atomic E-state index is 11.8. The zero-order valence-corrected chi connectivity index (χ0v) is 14.0. The van der Waals surface area contributed by atoms with Crippen LogP contribution in [0.4, 0.5) is 0 Å². The summed E-state index contributed by atoms with van der Waals surface area (Å²) in [6.45, 7) is 0.899. The molecule has 0 aromatic heterocycles. The minimum Gasteiger partial charge on any atom is -0.493 e. The van der Waals surface area contributed by atoms with Crippen LogP contribution < -0.4 is 14.2 Å². The van der Waals surface area contributed by atoms with Gasteiger partial charge in [0.1, 0.15) is 13.2 Å². The number of carbonyl (C=O) groups excluding carboxylic acids is 1. The number of carbonyl (C=O) groups is 1. The summed E-state index contributed by atoms with van der Waals surface area (Å²) in [6.07, 6.45) is 2.43. The van der Waals surface area contributed by atoms with E-state index in [9.17, 15) is 10.1 Å². The number of methoxy groups -OCH3 is 2. The summed E-state index contributed by atoms with van der Waals surface area (Å²) in [5.41, 5.74) is 0.144. The summed E-state index contributed by atoms with van der Waals surface area (Å²) in [6, 6.07) is 6.17. The van der Waals surface area contributed by atoms with E-state index in [-0.39, 0.29) is 11.9 Å².